The zero-order chi connectivity index (χ0) is 14.3. The summed E-state index contributed by atoms with van der Waals surface area (Å²) in [4.78, 5) is 12.6. The molecule has 0 amide bonds. The second kappa shape index (κ2) is 7.39. The Bertz CT molecular complexity index is 480. The van der Waals surface area contributed by atoms with Crippen LogP contribution in [0.2, 0.25) is 0 Å². The molecule has 1 aromatic rings. The fraction of sp³-hybridized carbons (Fsp3) is 0.429. The van der Waals surface area contributed by atoms with Crippen LogP contribution in [0.4, 0.5) is 0 Å². The van der Waals surface area contributed by atoms with E-state index in [1.165, 1.54) is 7.11 Å². The molecule has 0 fully saturated rings. The van der Waals surface area contributed by atoms with E-state index in [-0.39, 0.29) is 6.54 Å². The average molecular weight is 262 g/mol. The molecule has 1 N–H and O–H groups in total. The van der Waals surface area contributed by atoms with E-state index in [0.29, 0.717) is 24.4 Å². The molecule has 0 saturated carbocycles. The van der Waals surface area contributed by atoms with E-state index < -0.39 is 5.97 Å². The van der Waals surface area contributed by atoms with E-state index >= 15 is 0 Å². The largest absolute Gasteiger partial charge is 0.495 e. The third-order valence-corrected chi connectivity index (χ3v) is 2.69. The Morgan fingerprint density at radius 2 is 2.26 bits per heavy atom. The first-order valence-corrected chi connectivity index (χ1v) is 6.11. The van der Waals surface area contributed by atoms with Crippen LogP contribution in [-0.4, -0.2) is 36.2 Å². The lowest BCUT2D eigenvalue weighted by Gasteiger charge is -2.19. The van der Waals surface area contributed by atoms with E-state index in [1.807, 2.05) is 17.9 Å². The highest BCUT2D eigenvalue weighted by Crippen LogP contribution is 2.19. The molecular formula is C14H18N2O3. The lowest BCUT2D eigenvalue weighted by molar-refractivity contribution is -0.138. The van der Waals surface area contributed by atoms with Crippen LogP contribution in [-0.2, 0) is 11.3 Å². The maximum atomic E-state index is 10.8. The molecule has 0 atom stereocenters. The van der Waals surface area contributed by atoms with E-state index in [2.05, 4.69) is 6.07 Å². The number of methoxy groups -OCH3 is 1. The van der Waals surface area contributed by atoms with Crippen LogP contribution >= 0.6 is 0 Å². The Morgan fingerprint density at radius 1 is 1.53 bits per heavy atom. The standard InChI is InChI=1S/C14H18N2O3/c1-3-6-16(10-14(17)18)9-11-4-5-13(19-2)12(7-11)8-15/h4-5,7H,3,6,9-10H2,1-2H3,(H,17,18). The number of hydrogen-bond donors (Lipinski definition) is 1. The van der Waals surface area contributed by atoms with Gasteiger partial charge in [0.05, 0.1) is 19.2 Å². The normalized spacial score (nSPS) is 10.2. The summed E-state index contributed by atoms with van der Waals surface area (Å²) in [5, 5.41) is 17.9. The first-order chi connectivity index (χ1) is 9.10. The molecule has 0 saturated heterocycles. The maximum Gasteiger partial charge on any atom is 0.317 e. The average Bonchev–Trinajstić information content (AvgIpc) is 2.38. The summed E-state index contributed by atoms with van der Waals surface area (Å²) in [6.45, 7) is 3.23. The number of aliphatic carboxylic acids is 1. The summed E-state index contributed by atoms with van der Waals surface area (Å²) >= 11 is 0. The molecule has 0 aliphatic rings. The van der Waals surface area contributed by atoms with Gasteiger partial charge in [-0.3, -0.25) is 9.69 Å². The second-order valence-corrected chi connectivity index (χ2v) is 4.25. The minimum absolute atomic E-state index is 0.00174. The first kappa shape index (κ1) is 15.0. The van der Waals surface area contributed by atoms with Gasteiger partial charge in [0.15, 0.2) is 0 Å². The van der Waals surface area contributed by atoms with Gasteiger partial charge in [0.2, 0.25) is 0 Å². The molecule has 0 spiro atoms. The van der Waals surface area contributed by atoms with E-state index in [9.17, 15) is 4.79 Å². The molecule has 0 aliphatic carbocycles. The third-order valence-electron chi connectivity index (χ3n) is 2.69. The van der Waals surface area contributed by atoms with Gasteiger partial charge in [-0.1, -0.05) is 13.0 Å². The molecule has 19 heavy (non-hydrogen) atoms. The molecule has 0 radical (unpaired) electrons. The Kier molecular flexibility index (Phi) is 5.83. The summed E-state index contributed by atoms with van der Waals surface area (Å²) in [5.41, 5.74) is 1.37. The van der Waals surface area contributed by atoms with Crippen molar-refractivity contribution in [2.24, 2.45) is 0 Å². The molecule has 1 aromatic carbocycles. The van der Waals surface area contributed by atoms with Crippen molar-refractivity contribution in [1.29, 1.82) is 5.26 Å². The van der Waals surface area contributed by atoms with Gasteiger partial charge < -0.3 is 9.84 Å². The number of ether oxygens (including phenoxy) is 1. The van der Waals surface area contributed by atoms with Crippen molar-refractivity contribution in [2.75, 3.05) is 20.2 Å². The Morgan fingerprint density at radius 3 is 2.79 bits per heavy atom. The highest BCUT2D eigenvalue weighted by Gasteiger charge is 2.11. The summed E-state index contributed by atoms with van der Waals surface area (Å²) < 4.78 is 5.08. The van der Waals surface area contributed by atoms with Gasteiger partial charge in [-0.05, 0) is 30.7 Å². The van der Waals surface area contributed by atoms with Crippen LogP contribution in [0.3, 0.4) is 0 Å². The molecular weight excluding hydrogens is 244 g/mol. The van der Waals surface area contributed by atoms with Gasteiger partial charge >= 0.3 is 5.97 Å². The number of rotatable bonds is 7. The van der Waals surface area contributed by atoms with Crippen LogP contribution in [0.15, 0.2) is 18.2 Å². The molecule has 5 heteroatoms. The predicted octanol–water partition coefficient (Wildman–Crippen LogP) is 1.86. The van der Waals surface area contributed by atoms with Gasteiger partial charge in [0.25, 0.3) is 0 Å². The van der Waals surface area contributed by atoms with Gasteiger partial charge in [-0.2, -0.15) is 5.26 Å². The van der Waals surface area contributed by atoms with Crippen molar-refractivity contribution in [3.8, 4) is 11.8 Å². The zero-order valence-corrected chi connectivity index (χ0v) is 11.2. The lowest BCUT2D eigenvalue weighted by atomic mass is 10.1. The minimum Gasteiger partial charge on any atom is -0.495 e. The van der Waals surface area contributed by atoms with Crippen LogP contribution in [0.1, 0.15) is 24.5 Å². The highest BCUT2D eigenvalue weighted by atomic mass is 16.5. The van der Waals surface area contributed by atoms with E-state index in [1.54, 1.807) is 12.1 Å². The SMILES string of the molecule is CCCN(CC(=O)O)Cc1ccc(OC)c(C#N)c1. The molecule has 1 rings (SSSR count). The Hall–Kier alpha value is -2.06. The monoisotopic (exact) mass is 262 g/mol. The number of carboxylic acids is 1. The minimum atomic E-state index is -0.845. The molecule has 0 aliphatic heterocycles. The van der Waals surface area contributed by atoms with Crippen LogP contribution in [0, 0.1) is 11.3 Å². The van der Waals surface area contributed by atoms with Crippen molar-refractivity contribution < 1.29 is 14.6 Å². The summed E-state index contributed by atoms with van der Waals surface area (Å²) in [7, 11) is 1.52. The number of hydrogen-bond acceptors (Lipinski definition) is 4. The van der Waals surface area contributed by atoms with Crippen molar-refractivity contribution in [1.82, 2.24) is 4.90 Å². The van der Waals surface area contributed by atoms with Crippen molar-refractivity contribution in [3.63, 3.8) is 0 Å². The first-order valence-electron chi connectivity index (χ1n) is 6.11. The summed E-state index contributed by atoms with van der Waals surface area (Å²) in [5.74, 6) is -0.311. The maximum absolute atomic E-state index is 10.8. The Labute approximate surface area is 113 Å². The predicted molar refractivity (Wildman–Crippen MR) is 70.9 cm³/mol. The number of carboxylic acid groups (broad SMARTS) is 1. The smallest absolute Gasteiger partial charge is 0.317 e. The molecule has 0 unspecified atom stereocenters. The number of nitrogens with zero attached hydrogens (tertiary/aromatic N) is 2. The molecule has 5 nitrogen and oxygen atoms in total. The van der Waals surface area contributed by atoms with Gasteiger partial charge in [-0.15, -0.1) is 0 Å². The number of carbonyl (C=O) groups is 1. The molecule has 0 aromatic heterocycles. The van der Waals surface area contributed by atoms with Gasteiger partial charge in [0.1, 0.15) is 11.8 Å². The van der Waals surface area contributed by atoms with Crippen molar-refractivity contribution in [2.45, 2.75) is 19.9 Å². The topological polar surface area (TPSA) is 73.6 Å². The van der Waals surface area contributed by atoms with Crippen molar-refractivity contribution >= 4 is 5.97 Å². The van der Waals surface area contributed by atoms with Crippen LogP contribution < -0.4 is 4.74 Å². The third kappa shape index (κ3) is 4.60. The van der Waals surface area contributed by atoms with E-state index in [0.717, 1.165) is 12.0 Å². The molecule has 0 bridgehead atoms. The summed E-state index contributed by atoms with van der Waals surface area (Å²) in [6, 6.07) is 7.40. The fourth-order valence-electron chi connectivity index (χ4n) is 1.92. The van der Waals surface area contributed by atoms with Crippen LogP contribution in [0.5, 0.6) is 5.75 Å². The second-order valence-electron chi connectivity index (χ2n) is 4.25. The number of nitriles is 1. The fourth-order valence-corrected chi connectivity index (χ4v) is 1.92. The van der Waals surface area contributed by atoms with E-state index in [4.69, 9.17) is 15.1 Å². The number of benzene rings is 1. The van der Waals surface area contributed by atoms with Crippen molar-refractivity contribution in [3.05, 3.63) is 29.3 Å². The lowest BCUT2D eigenvalue weighted by Crippen LogP contribution is -2.30. The Balaban J connectivity index is 2.84. The zero-order valence-electron chi connectivity index (χ0n) is 11.2. The molecule has 102 valence electrons. The van der Waals surface area contributed by atoms with Crippen LogP contribution in [0.25, 0.3) is 0 Å². The van der Waals surface area contributed by atoms with Gasteiger partial charge in [-0.25, -0.2) is 0 Å². The molecule has 0 heterocycles. The summed E-state index contributed by atoms with van der Waals surface area (Å²) in [6.07, 6.45) is 0.883. The highest BCUT2D eigenvalue weighted by molar-refractivity contribution is 5.69. The van der Waals surface area contributed by atoms with Gasteiger partial charge in [0, 0.05) is 6.54 Å². The quantitative estimate of drug-likeness (QED) is 0.812.